The first-order chi connectivity index (χ1) is 11.0. The van der Waals surface area contributed by atoms with Crippen LogP contribution in [0.4, 0.5) is 5.69 Å². The Morgan fingerprint density at radius 3 is 2.87 bits per heavy atom. The number of halogens is 1. The van der Waals surface area contributed by atoms with E-state index in [2.05, 4.69) is 11.1 Å². The normalized spacial score (nSPS) is 12.0. The van der Waals surface area contributed by atoms with Crippen LogP contribution in [0.25, 0.3) is 16.9 Å². The van der Waals surface area contributed by atoms with Gasteiger partial charge in [0.15, 0.2) is 0 Å². The molecule has 3 rings (SSSR count). The van der Waals surface area contributed by atoms with Crippen LogP contribution in [-0.4, -0.2) is 14.3 Å². The molecule has 1 unspecified atom stereocenters. The maximum Gasteiger partial charge on any atom is 0.270 e. The smallest absolute Gasteiger partial charge is 0.270 e. The van der Waals surface area contributed by atoms with Crippen molar-refractivity contribution in [1.82, 2.24) is 9.38 Å². The molecular weight excluding hydrogens is 316 g/mol. The number of hydrogen-bond acceptors (Lipinski definition) is 4. The third-order valence-electron chi connectivity index (χ3n) is 3.55. The van der Waals surface area contributed by atoms with E-state index >= 15 is 0 Å². The molecule has 0 saturated heterocycles. The summed E-state index contributed by atoms with van der Waals surface area (Å²) in [4.78, 5) is 15.1. The minimum absolute atomic E-state index is 0.0202. The van der Waals surface area contributed by atoms with Gasteiger partial charge < -0.3 is 4.40 Å². The van der Waals surface area contributed by atoms with Crippen molar-refractivity contribution < 1.29 is 4.92 Å². The van der Waals surface area contributed by atoms with E-state index in [4.69, 9.17) is 11.6 Å². The van der Waals surface area contributed by atoms with Crippen LogP contribution >= 0.6 is 11.6 Å². The van der Waals surface area contributed by atoms with Gasteiger partial charge in [0.05, 0.1) is 33.3 Å². The van der Waals surface area contributed by atoms with E-state index in [1.807, 2.05) is 0 Å². The second-order valence-corrected chi connectivity index (χ2v) is 5.52. The van der Waals surface area contributed by atoms with Gasteiger partial charge in [-0.1, -0.05) is 23.7 Å². The molecule has 0 amide bonds. The molecule has 0 aliphatic rings. The van der Waals surface area contributed by atoms with Gasteiger partial charge in [-0.3, -0.25) is 10.1 Å². The lowest BCUT2D eigenvalue weighted by atomic mass is 10.0. The van der Waals surface area contributed by atoms with Gasteiger partial charge >= 0.3 is 0 Å². The summed E-state index contributed by atoms with van der Waals surface area (Å²) in [7, 11) is 0. The van der Waals surface area contributed by atoms with Crippen molar-refractivity contribution in [3.8, 4) is 17.3 Å². The van der Waals surface area contributed by atoms with Crippen LogP contribution in [0.5, 0.6) is 0 Å². The van der Waals surface area contributed by atoms with Gasteiger partial charge in [0.1, 0.15) is 5.65 Å². The van der Waals surface area contributed by atoms with Crippen LogP contribution in [0.2, 0.25) is 5.02 Å². The maximum atomic E-state index is 11.0. The van der Waals surface area contributed by atoms with Crippen LogP contribution in [0, 0.1) is 21.4 Å². The number of pyridine rings is 1. The molecule has 0 spiro atoms. The maximum absolute atomic E-state index is 11.0. The van der Waals surface area contributed by atoms with Gasteiger partial charge in [-0.05, 0) is 19.1 Å². The summed E-state index contributed by atoms with van der Waals surface area (Å²) < 4.78 is 1.75. The van der Waals surface area contributed by atoms with Crippen molar-refractivity contribution in [3.63, 3.8) is 0 Å². The Bertz CT molecular complexity index is 958. The molecule has 0 N–H and O–H groups in total. The SMILES string of the molecule is CC(C#N)c1c(-c2cccc([N+](=O)[O-])c2)nc2ccc(Cl)cn12. The molecule has 6 nitrogen and oxygen atoms in total. The molecule has 114 valence electrons. The largest absolute Gasteiger partial charge is 0.301 e. The molecule has 1 atom stereocenters. The molecule has 1 aromatic carbocycles. The Labute approximate surface area is 136 Å². The summed E-state index contributed by atoms with van der Waals surface area (Å²) in [5.74, 6) is -0.447. The lowest BCUT2D eigenvalue weighted by molar-refractivity contribution is -0.384. The fraction of sp³-hybridized carbons (Fsp3) is 0.125. The van der Waals surface area contributed by atoms with Gasteiger partial charge in [0.2, 0.25) is 0 Å². The molecule has 0 fully saturated rings. The highest BCUT2D eigenvalue weighted by molar-refractivity contribution is 6.30. The van der Waals surface area contributed by atoms with Crippen molar-refractivity contribution in [2.45, 2.75) is 12.8 Å². The van der Waals surface area contributed by atoms with Crippen LogP contribution in [0.3, 0.4) is 0 Å². The molecule has 0 saturated carbocycles. The van der Waals surface area contributed by atoms with E-state index in [-0.39, 0.29) is 5.69 Å². The molecule has 3 aromatic rings. The van der Waals surface area contributed by atoms with Gasteiger partial charge in [-0.15, -0.1) is 0 Å². The molecule has 2 aromatic heterocycles. The molecule has 0 aliphatic heterocycles. The van der Waals surface area contributed by atoms with Gasteiger partial charge in [-0.25, -0.2) is 4.98 Å². The Balaban J connectivity index is 2.31. The fourth-order valence-corrected chi connectivity index (χ4v) is 2.65. The fourth-order valence-electron chi connectivity index (χ4n) is 2.49. The Morgan fingerprint density at radius 1 is 1.39 bits per heavy atom. The second kappa shape index (κ2) is 5.71. The number of fused-ring (bicyclic) bond motifs is 1. The number of non-ortho nitro benzene ring substituents is 1. The number of nitro benzene ring substituents is 1. The second-order valence-electron chi connectivity index (χ2n) is 5.08. The van der Waals surface area contributed by atoms with E-state index in [0.29, 0.717) is 27.6 Å². The highest BCUT2D eigenvalue weighted by Crippen LogP contribution is 2.32. The molecule has 0 aliphatic carbocycles. The average Bonchev–Trinajstić information content (AvgIpc) is 2.92. The number of hydrogen-bond donors (Lipinski definition) is 0. The highest BCUT2D eigenvalue weighted by Gasteiger charge is 2.20. The first-order valence-electron chi connectivity index (χ1n) is 6.83. The predicted molar refractivity (Wildman–Crippen MR) is 86.3 cm³/mol. The lowest BCUT2D eigenvalue weighted by Crippen LogP contribution is -1.99. The zero-order chi connectivity index (χ0) is 16.6. The molecule has 7 heteroatoms. The number of benzene rings is 1. The van der Waals surface area contributed by atoms with Crippen molar-refractivity contribution in [3.05, 3.63) is 63.4 Å². The molecule has 0 radical (unpaired) electrons. The molecule has 2 heterocycles. The third kappa shape index (κ3) is 2.62. The first kappa shape index (κ1) is 15.0. The van der Waals surface area contributed by atoms with Crippen LogP contribution in [-0.2, 0) is 0 Å². The van der Waals surface area contributed by atoms with Gasteiger partial charge in [-0.2, -0.15) is 5.26 Å². The standard InChI is InChI=1S/C16H11ClN4O2/c1-10(8-18)16-15(11-3-2-4-13(7-11)21(22)23)19-14-6-5-12(17)9-20(14)16/h2-7,9-10H,1H3. The number of imidazole rings is 1. The number of nitrogens with zero attached hydrogens (tertiary/aromatic N) is 4. The molecule has 23 heavy (non-hydrogen) atoms. The average molecular weight is 327 g/mol. The molecular formula is C16H11ClN4O2. The number of nitro groups is 1. The third-order valence-corrected chi connectivity index (χ3v) is 3.78. The Morgan fingerprint density at radius 2 is 2.17 bits per heavy atom. The monoisotopic (exact) mass is 326 g/mol. The lowest BCUT2D eigenvalue weighted by Gasteiger charge is -2.07. The Hall–Kier alpha value is -2.91. The van der Waals surface area contributed by atoms with Crippen molar-refractivity contribution in [2.24, 2.45) is 0 Å². The van der Waals surface area contributed by atoms with Gasteiger partial charge in [0.25, 0.3) is 5.69 Å². The minimum atomic E-state index is -0.455. The van der Waals surface area contributed by atoms with E-state index in [1.54, 1.807) is 41.8 Å². The first-order valence-corrected chi connectivity index (χ1v) is 7.21. The number of aromatic nitrogens is 2. The summed E-state index contributed by atoms with van der Waals surface area (Å²) in [5, 5.41) is 20.8. The quantitative estimate of drug-likeness (QED) is 0.533. The number of rotatable bonds is 3. The van der Waals surface area contributed by atoms with E-state index < -0.39 is 10.8 Å². The summed E-state index contributed by atoms with van der Waals surface area (Å²) in [6.45, 7) is 1.76. The van der Waals surface area contributed by atoms with Crippen LogP contribution in [0.1, 0.15) is 18.5 Å². The van der Waals surface area contributed by atoms with Gasteiger partial charge in [0, 0.05) is 23.9 Å². The summed E-state index contributed by atoms with van der Waals surface area (Å²) >= 11 is 6.04. The van der Waals surface area contributed by atoms with Crippen molar-refractivity contribution in [1.29, 1.82) is 5.26 Å². The number of nitriles is 1. The van der Waals surface area contributed by atoms with Crippen LogP contribution in [0.15, 0.2) is 42.6 Å². The van der Waals surface area contributed by atoms with E-state index in [9.17, 15) is 15.4 Å². The Kier molecular flexibility index (Phi) is 3.72. The topological polar surface area (TPSA) is 84.2 Å². The van der Waals surface area contributed by atoms with E-state index in [1.165, 1.54) is 12.1 Å². The summed E-state index contributed by atoms with van der Waals surface area (Å²) in [6.07, 6.45) is 1.69. The summed E-state index contributed by atoms with van der Waals surface area (Å²) in [6, 6.07) is 11.9. The molecule has 0 bridgehead atoms. The van der Waals surface area contributed by atoms with Crippen LogP contribution < -0.4 is 0 Å². The van der Waals surface area contributed by atoms with E-state index in [0.717, 1.165) is 0 Å². The highest BCUT2D eigenvalue weighted by atomic mass is 35.5. The summed E-state index contributed by atoms with van der Waals surface area (Å²) in [5.41, 5.74) is 2.41. The van der Waals surface area contributed by atoms with Crippen molar-refractivity contribution in [2.75, 3.05) is 0 Å². The zero-order valence-electron chi connectivity index (χ0n) is 12.1. The van der Waals surface area contributed by atoms with Crippen molar-refractivity contribution >= 4 is 22.9 Å². The predicted octanol–water partition coefficient (Wildman–Crippen LogP) is 4.19. The zero-order valence-corrected chi connectivity index (χ0v) is 12.9. The minimum Gasteiger partial charge on any atom is -0.301 e.